The lowest BCUT2D eigenvalue weighted by Gasteiger charge is -2.09. The van der Waals surface area contributed by atoms with Gasteiger partial charge in [-0.2, -0.15) is 8.42 Å². The number of nitrogens with one attached hydrogen (secondary N) is 1. The number of nitrogens with zero attached hydrogens (tertiary/aromatic N) is 1. The van der Waals surface area contributed by atoms with E-state index in [9.17, 15) is 8.42 Å². The van der Waals surface area contributed by atoms with Crippen LogP contribution in [0.25, 0.3) is 10.9 Å². The van der Waals surface area contributed by atoms with Gasteiger partial charge in [0.25, 0.3) is 0 Å². The molecule has 8 heteroatoms. The van der Waals surface area contributed by atoms with Gasteiger partial charge in [0.05, 0.1) is 12.1 Å². The first-order valence-electron chi connectivity index (χ1n) is 7.68. The number of hydrogen-bond acceptors (Lipinski definition) is 6. The molecule has 0 unspecified atom stereocenters. The molecule has 2 N–H and O–H groups in total. The highest BCUT2D eigenvalue weighted by Gasteiger charge is 2.05. The number of benzene rings is 1. The molecule has 1 aromatic carbocycles. The molecule has 1 aromatic heterocycles. The monoisotopic (exact) mass is 370 g/mol. The summed E-state index contributed by atoms with van der Waals surface area (Å²) in [4.78, 5) is 4.51. The maximum absolute atomic E-state index is 10.5. The molecule has 0 bridgehead atoms. The molecule has 0 spiro atoms. The SMILES string of the molecule is Cc1ccc2nc(OCCCNCCSS(=O)(=O)O)cc(C)c2c1. The molecule has 0 radical (unpaired) electrons. The van der Waals surface area contributed by atoms with Crippen molar-refractivity contribution in [1.29, 1.82) is 0 Å². The average molecular weight is 370 g/mol. The predicted molar refractivity (Wildman–Crippen MR) is 98.2 cm³/mol. The van der Waals surface area contributed by atoms with E-state index in [1.807, 2.05) is 25.1 Å². The van der Waals surface area contributed by atoms with Gasteiger partial charge in [0, 0.05) is 23.8 Å². The third-order valence-corrected chi connectivity index (χ3v) is 5.47. The van der Waals surface area contributed by atoms with Crippen LogP contribution in [0.3, 0.4) is 0 Å². The minimum absolute atomic E-state index is 0.310. The molecular weight excluding hydrogens is 348 g/mol. The summed E-state index contributed by atoms with van der Waals surface area (Å²) in [6.45, 7) is 5.85. The van der Waals surface area contributed by atoms with E-state index in [1.54, 1.807) is 0 Å². The van der Waals surface area contributed by atoms with Crippen LogP contribution in [0.1, 0.15) is 17.5 Å². The van der Waals surface area contributed by atoms with E-state index in [2.05, 4.69) is 23.3 Å². The van der Waals surface area contributed by atoms with E-state index in [0.29, 0.717) is 42.1 Å². The predicted octanol–water partition coefficient (Wildman–Crippen LogP) is 2.75. The molecule has 0 atom stereocenters. The van der Waals surface area contributed by atoms with Crippen molar-refractivity contribution < 1.29 is 17.7 Å². The number of aryl methyl sites for hydroxylation is 2. The van der Waals surface area contributed by atoms with Crippen LogP contribution >= 0.6 is 10.8 Å². The van der Waals surface area contributed by atoms with Gasteiger partial charge in [0.1, 0.15) is 0 Å². The number of aromatic nitrogens is 1. The highest BCUT2D eigenvalue weighted by atomic mass is 33.1. The van der Waals surface area contributed by atoms with Crippen molar-refractivity contribution in [2.75, 3.05) is 25.4 Å². The van der Waals surface area contributed by atoms with Crippen LogP contribution in [0.2, 0.25) is 0 Å². The zero-order valence-electron chi connectivity index (χ0n) is 13.8. The van der Waals surface area contributed by atoms with E-state index < -0.39 is 9.15 Å². The van der Waals surface area contributed by atoms with Gasteiger partial charge in [-0.05, 0) is 55.3 Å². The summed E-state index contributed by atoms with van der Waals surface area (Å²) in [7, 11) is -3.42. The molecule has 1 heterocycles. The highest BCUT2D eigenvalue weighted by Crippen LogP contribution is 2.22. The van der Waals surface area contributed by atoms with Gasteiger partial charge in [-0.15, -0.1) is 0 Å². The van der Waals surface area contributed by atoms with E-state index in [4.69, 9.17) is 9.29 Å². The van der Waals surface area contributed by atoms with Crippen molar-refractivity contribution in [1.82, 2.24) is 10.3 Å². The number of rotatable bonds is 9. The Morgan fingerprint density at radius 3 is 2.79 bits per heavy atom. The van der Waals surface area contributed by atoms with Gasteiger partial charge in [0.15, 0.2) is 0 Å². The second kappa shape index (κ2) is 8.66. The lowest BCUT2D eigenvalue weighted by atomic mass is 10.1. The molecular formula is C16H22N2O4S2. The molecule has 2 aromatic rings. The van der Waals surface area contributed by atoms with Crippen LogP contribution in [-0.4, -0.2) is 43.4 Å². The van der Waals surface area contributed by atoms with Crippen molar-refractivity contribution in [2.24, 2.45) is 0 Å². The van der Waals surface area contributed by atoms with E-state index in [-0.39, 0.29) is 0 Å². The average Bonchev–Trinajstić information content (AvgIpc) is 2.49. The van der Waals surface area contributed by atoms with Gasteiger partial charge >= 0.3 is 9.15 Å². The molecule has 0 fully saturated rings. The van der Waals surface area contributed by atoms with Gasteiger partial charge < -0.3 is 10.1 Å². The first-order valence-corrected chi connectivity index (χ1v) is 10.6. The molecule has 0 aliphatic carbocycles. The molecule has 2 rings (SSSR count). The Hall–Kier alpha value is -1.35. The van der Waals surface area contributed by atoms with Gasteiger partial charge in [0.2, 0.25) is 5.88 Å². The topological polar surface area (TPSA) is 88.5 Å². The van der Waals surface area contributed by atoms with Crippen LogP contribution in [-0.2, 0) is 9.15 Å². The maximum atomic E-state index is 10.5. The zero-order chi connectivity index (χ0) is 17.6. The third-order valence-electron chi connectivity index (χ3n) is 3.41. The summed E-state index contributed by atoms with van der Waals surface area (Å²) in [5, 5.41) is 4.23. The quantitative estimate of drug-likeness (QED) is 0.398. The van der Waals surface area contributed by atoms with Gasteiger partial charge in [-0.1, -0.05) is 11.6 Å². The molecule has 0 aliphatic heterocycles. The number of pyridine rings is 1. The van der Waals surface area contributed by atoms with E-state index in [1.165, 1.54) is 5.56 Å². The van der Waals surface area contributed by atoms with Crippen LogP contribution in [0.15, 0.2) is 24.3 Å². The minimum Gasteiger partial charge on any atom is -0.478 e. The summed E-state index contributed by atoms with van der Waals surface area (Å²) in [6.07, 6.45) is 0.781. The van der Waals surface area contributed by atoms with Crippen LogP contribution < -0.4 is 10.1 Å². The van der Waals surface area contributed by atoms with Crippen LogP contribution in [0.5, 0.6) is 5.88 Å². The maximum Gasteiger partial charge on any atom is 0.319 e. The molecule has 0 saturated carbocycles. The number of hydrogen-bond donors (Lipinski definition) is 2. The zero-order valence-corrected chi connectivity index (χ0v) is 15.4. The molecule has 0 amide bonds. The highest BCUT2D eigenvalue weighted by molar-refractivity contribution is 8.69. The fourth-order valence-corrected chi connectivity index (χ4v) is 3.59. The smallest absolute Gasteiger partial charge is 0.319 e. The Bertz CT molecular complexity index is 794. The molecule has 6 nitrogen and oxygen atoms in total. The lowest BCUT2D eigenvalue weighted by molar-refractivity contribution is 0.298. The Labute approximate surface area is 146 Å². The molecule has 0 saturated heterocycles. The van der Waals surface area contributed by atoms with Gasteiger partial charge in [-0.3, -0.25) is 4.55 Å². The van der Waals surface area contributed by atoms with Crippen molar-refractivity contribution in [2.45, 2.75) is 20.3 Å². The largest absolute Gasteiger partial charge is 0.478 e. The molecule has 24 heavy (non-hydrogen) atoms. The van der Waals surface area contributed by atoms with Crippen molar-refractivity contribution in [3.05, 3.63) is 35.4 Å². The Balaban J connectivity index is 1.73. The Morgan fingerprint density at radius 1 is 1.25 bits per heavy atom. The summed E-state index contributed by atoms with van der Waals surface area (Å²) in [6, 6.07) is 8.10. The van der Waals surface area contributed by atoms with E-state index in [0.717, 1.165) is 22.9 Å². The summed E-state index contributed by atoms with van der Waals surface area (Å²) in [5.41, 5.74) is 3.27. The first-order chi connectivity index (χ1) is 11.3. The normalized spacial score (nSPS) is 11.8. The van der Waals surface area contributed by atoms with E-state index >= 15 is 0 Å². The summed E-state index contributed by atoms with van der Waals surface area (Å²) in [5.74, 6) is 0.927. The fraction of sp³-hybridized carbons (Fsp3) is 0.438. The molecule has 0 aliphatic rings. The Morgan fingerprint density at radius 2 is 2.04 bits per heavy atom. The summed E-state index contributed by atoms with van der Waals surface area (Å²) < 4.78 is 35.3. The van der Waals surface area contributed by atoms with Crippen molar-refractivity contribution in [3.8, 4) is 5.88 Å². The van der Waals surface area contributed by atoms with Gasteiger partial charge in [-0.25, -0.2) is 4.98 Å². The lowest BCUT2D eigenvalue weighted by Crippen LogP contribution is -2.20. The third kappa shape index (κ3) is 6.27. The first kappa shape index (κ1) is 19.0. The minimum atomic E-state index is -3.94. The summed E-state index contributed by atoms with van der Waals surface area (Å²) >= 11 is 0. The Kier molecular flexibility index (Phi) is 6.85. The number of fused-ring (bicyclic) bond motifs is 1. The number of ether oxygens (including phenoxy) is 1. The van der Waals surface area contributed by atoms with Crippen LogP contribution in [0, 0.1) is 13.8 Å². The second-order valence-electron chi connectivity index (χ2n) is 5.50. The molecule has 132 valence electrons. The van der Waals surface area contributed by atoms with Crippen LogP contribution in [0.4, 0.5) is 0 Å². The van der Waals surface area contributed by atoms with Crippen molar-refractivity contribution in [3.63, 3.8) is 0 Å². The fourth-order valence-electron chi connectivity index (χ4n) is 2.27. The second-order valence-corrected chi connectivity index (χ2v) is 8.97. The van der Waals surface area contributed by atoms with Crippen molar-refractivity contribution >= 4 is 30.8 Å². The standard InChI is InChI=1S/C16H22N2O4S2/c1-12-4-5-15-14(10-12)13(2)11-16(18-15)22-8-3-6-17-7-9-23-24(19,20)21/h4-5,10-11,17H,3,6-9H2,1-2H3,(H,19,20,21).